The van der Waals surface area contributed by atoms with Crippen LogP contribution in [0.5, 0.6) is 0 Å². The predicted molar refractivity (Wildman–Crippen MR) is 78.2 cm³/mol. The third-order valence-corrected chi connectivity index (χ3v) is 3.94. The topological polar surface area (TPSA) is 58.2 Å². The smallest absolute Gasteiger partial charge is 0.242 e. The van der Waals surface area contributed by atoms with Gasteiger partial charge in [-0.15, -0.1) is 0 Å². The first-order valence-electron chi connectivity index (χ1n) is 7.26. The van der Waals surface area contributed by atoms with E-state index in [-0.39, 0.29) is 17.9 Å². The molecule has 2 atom stereocenters. The molecule has 0 saturated carbocycles. The molecule has 1 aliphatic rings. The monoisotopic (exact) mass is 274 g/mol. The van der Waals surface area contributed by atoms with E-state index >= 15 is 0 Å². The first-order valence-corrected chi connectivity index (χ1v) is 7.26. The van der Waals surface area contributed by atoms with Gasteiger partial charge in [-0.2, -0.15) is 0 Å². The fraction of sp³-hybridized carbons (Fsp3) is 0.500. The molecule has 1 saturated heterocycles. The van der Waals surface area contributed by atoms with Gasteiger partial charge in [-0.25, -0.2) is 0 Å². The first-order chi connectivity index (χ1) is 9.60. The zero-order chi connectivity index (χ0) is 14.5. The second-order valence-electron chi connectivity index (χ2n) is 5.43. The minimum Gasteiger partial charge on any atom is -0.350 e. The van der Waals surface area contributed by atoms with E-state index in [1.165, 1.54) is 5.56 Å². The van der Waals surface area contributed by atoms with Crippen LogP contribution in [0.4, 0.5) is 0 Å². The lowest BCUT2D eigenvalue weighted by molar-refractivity contribution is -0.125. The Morgan fingerprint density at radius 2 is 2.10 bits per heavy atom. The van der Waals surface area contributed by atoms with Crippen LogP contribution in [0.25, 0.3) is 0 Å². The van der Waals surface area contributed by atoms with Crippen molar-refractivity contribution in [3.63, 3.8) is 0 Å². The highest BCUT2D eigenvalue weighted by Gasteiger charge is 2.26. The Balaban J connectivity index is 1.84. The van der Waals surface area contributed by atoms with Crippen LogP contribution >= 0.6 is 0 Å². The van der Waals surface area contributed by atoms with Crippen molar-refractivity contribution in [1.29, 1.82) is 0 Å². The van der Waals surface area contributed by atoms with Crippen LogP contribution < -0.4 is 10.6 Å². The minimum atomic E-state index is -0.359. The number of rotatable bonds is 5. The number of amides is 2. The van der Waals surface area contributed by atoms with E-state index in [1.54, 1.807) is 0 Å². The van der Waals surface area contributed by atoms with Crippen LogP contribution in [0, 0.1) is 0 Å². The summed E-state index contributed by atoms with van der Waals surface area (Å²) in [6, 6.07) is 7.98. The van der Waals surface area contributed by atoms with Crippen LogP contribution in [-0.2, 0) is 16.1 Å². The summed E-state index contributed by atoms with van der Waals surface area (Å²) in [6.07, 6.45) is 2.16. The zero-order valence-electron chi connectivity index (χ0n) is 12.1. The molecular formula is C16H22N2O2. The lowest BCUT2D eigenvalue weighted by Gasteiger charge is -2.12. The van der Waals surface area contributed by atoms with Crippen molar-refractivity contribution in [3.8, 4) is 0 Å². The first kappa shape index (κ1) is 14.6. The van der Waals surface area contributed by atoms with Crippen molar-refractivity contribution in [1.82, 2.24) is 10.6 Å². The summed E-state index contributed by atoms with van der Waals surface area (Å²) in [5.41, 5.74) is 2.40. The number of carbonyl (C=O) groups excluding carboxylic acids is 2. The molecule has 2 amide bonds. The van der Waals surface area contributed by atoms with Gasteiger partial charge in [0.15, 0.2) is 0 Å². The third kappa shape index (κ3) is 3.59. The Hall–Kier alpha value is -1.84. The summed E-state index contributed by atoms with van der Waals surface area (Å²) in [4.78, 5) is 22.9. The zero-order valence-corrected chi connectivity index (χ0v) is 12.1. The van der Waals surface area contributed by atoms with Gasteiger partial charge in [0.1, 0.15) is 6.04 Å². The fourth-order valence-electron chi connectivity index (χ4n) is 2.32. The van der Waals surface area contributed by atoms with E-state index in [0.717, 1.165) is 12.0 Å². The van der Waals surface area contributed by atoms with Gasteiger partial charge in [-0.1, -0.05) is 38.1 Å². The average molecular weight is 274 g/mol. The summed E-state index contributed by atoms with van der Waals surface area (Å²) >= 11 is 0. The molecule has 1 aromatic rings. The summed E-state index contributed by atoms with van der Waals surface area (Å²) < 4.78 is 0. The Morgan fingerprint density at radius 3 is 2.65 bits per heavy atom. The van der Waals surface area contributed by atoms with Crippen LogP contribution in [-0.4, -0.2) is 17.9 Å². The van der Waals surface area contributed by atoms with Crippen molar-refractivity contribution >= 4 is 11.8 Å². The lowest BCUT2D eigenvalue weighted by atomic mass is 9.98. The molecule has 0 aromatic heterocycles. The van der Waals surface area contributed by atoms with Crippen molar-refractivity contribution in [2.45, 2.75) is 51.6 Å². The highest BCUT2D eigenvalue weighted by atomic mass is 16.2. The van der Waals surface area contributed by atoms with Crippen LogP contribution in [0.1, 0.15) is 50.2 Å². The summed E-state index contributed by atoms with van der Waals surface area (Å²) in [5, 5.41) is 5.54. The number of hydrogen-bond donors (Lipinski definition) is 2. The molecule has 2 rings (SSSR count). The number of nitrogens with one attached hydrogen (secondary N) is 2. The molecule has 4 nitrogen and oxygen atoms in total. The van der Waals surface area contributed by atoms with Gasteiger partial charge in [-0.3, -0.25) is 9.59 Å². The van der Waals surface area contributed by atoms with Gasteiger partial charge in [0.05, 0.1) is 0 Å². The Morgan fingerprint density at radius 1 is 1.40 bits per heavy atom. The normalized spacial score (nSPS) is 19.5. The molecule has 20 heavy (non-hydrogen) atoms. The molecule has 0 bridgehead atoms. The van der Waals surface area contributed by atoms with E-state index < -0.39 is 0 Å². The average Bonchev–Trinajstić information content (AvgIpc) is 2.91. The van der Waals surface area contributed by atoms with Gasteiger partial charge in [0, 0.05) is 13.0 Å². The van der Waals surface area contributed by atoms with Crippen LogP contribution in [0.3, 0.4) is 0 Å². The van der Waals surface area contributed by atoms with E-state index in [1.807, 2.05) is 0 Å². The highest BCUT2D eigenvalue weighted by Crippen LogP contribution is 2.18. The maximum atomic E-state index is 11.9. The molecule has 0 aliphatic carbocycles. The molecule has 4 heteroatoms. The van der Waals surface area contributed by atoms with Gasteiger partial charge in [0.25, 0.3) is 0 Å². The maximum absolute atomic E-state index is 11.9. The Bertz CT molecular complexity index is 482. The quantitative estimate of drug-likeness (QED) is 0.864. The Kier molecular flexibility index (Phi) is 4.77. The lowest BCUT2D eigenvalue weighted by Crippen LogP contribution is -2.41. The number of carbonyl (C=O) groups is 2. The van der Waals surface area contributed by atoms with E-state index in [2.05, 4.69) is 48.7 Å². The molecule has 1 aromatic carbocycles. The van der Waals surface area contributed by atoms with Gasteiger partial charge in [0.2, 0.25) is 11.8 Å². The van der Waals surface area contributed by atoms with E-state index in [4.69, 9.17) is 0 Å². The minimum absolute atomic E-state index is 0.0388. The predicted octanol–water partition coefficient (Wildman–Crippen LogP) is 2.09. The molecule has 2 N–H and O–H groups in total. The molecule has 2 unspecified atom stereocenters. The van der Waals surface area contributed by atoms with Crippen molar-refractivity contribution < 1.29 is 9.59 Å². The molecule has 0 spiro atoms. The molecule has 1 heterocycles. The second-order valence-corrected chi connectivity index (χ2v) is 5.43. The molecular weight excluding hydrogens is 252 g/mol. The largest absolute Gasteiger partial charge is 0.350 e. The maximum Gasteiger partial charge on any atom is 0.242 e. The van der Waals surface area contributed by atoms with Gasteiger partial charge >= 0.3 is 0 Å². The summed E-state index contributed by atoms with van der Waals surface area (Å²) in [7, 11) is 0. The standard InChI is InChI=1S/C16H22N2O2/c1-3-11(2)13-6-4-12(5-7-13)10-17-16(20)14-8-9-15(19)18-14/h4-7,11,14H,3,8-10H2,1-2H3,(H,17,20)(H,18,19). The van der Waals surface area contributed by atoms with E-state index in [0.29, 0.717) is 25.3 Å². The summed E-state index contributed by atoms with van der Waals surface area (Å²) in [5.74, 6) is 0.428. The SMILES string of the molecule is CCC(C)c1ccc(CNC(=O)C2CCC(=O)N2)cc1. The number of hydrogen-bond acceptors (Lipinski definition) is 2. The molecule has 1 aliphatic heterocycles. The molecule has 108 valence electrons. The fourth-order valence-corrected chi connectivity index (χ4v) is 2.32. The van der Waals surface area contributed by atoms with Crippen LogP contribution in [0.2, 0.25) is 0 Å². The second kappa shape index (κ2) is 6.55. The van der Waals surface area contributed by atoms with Crippen LogP contribution in [0.15, 0.2) is 24.3 Å². The molecule has 1 fully saturated rings. The number of benzene rings is 1. The van der Waals surface area contributed by atoms with Crippen molar-refractivity contribution in [2.24, 2.45) is 0 Å². The molecule has 0 radical (unpaired) electrons. The third-order valence-electron chi connectivity index (χ3n) is 3.94. The summed E-state index contributed by atoms with van der Waals surface area (Å²) in [6.45, 7) is 4.89. The van der Waals surface area contributed by atoms with Crippen molar-refractivity contribution in [3.05, 3.63) is 35.4 Å². The van der Waals surface area contributed by atoms with E-state index in [9.17, 15) is 9.59 Å². The van der Waals surface area contributed by atoms with Gasteiger partial charge < -0.3 is 10.6 Å². The van der Waals surface area contributed by atoms with Gasteiger partial charge in [-0.05, 0) is 29.9 Å². The Labute approximate surface area is 119 Å². The van der Waals surface area contributed by atoms with Crippen molar-refractivity contribution in [2.75, 3.05) is 0 Å². The highest BCUT2D eigenvalue weighted by molar-refractivity contribution is 5.90.